The van der Waals surface area contributed by atoms with E-state index in [4.69, 9.17) is 16.3 Å². The van der Waals surface area contributed by atoms with Gasteiger partial charge in [-0.2, -0.15) is 0 Å². The molecule has 21 heavy (non-hydrogen) atoms. The number of nitrogens with one attached hydrogen (secondary N) is 1. The van der Waals surface area contributed by atoms with Crippen molar-refractivity contribution in [2.24, 2.45) is 0 Å². The number of hydrogen-bond donors (Lipinski definition) is 1. The first-order valence-electron chi connectivity index (χ1n) is 6.80. The van der Waals surface area contributed by atoms with Gasteiger partial charge in [0, 0.05) is 19.5 Å². The molecule has 0 unspecified atom stereocenters. The average molecular weight is 306 g/mol. The summed E-state index contributed by atoms with van der Waals surface area (Å²) in [5, 5.41) is 0.541. The fourth-order valence-corrected chi connectivity index (χ4v) is 2.58. The highest BCUT2D eigenvalue weighted by atomic mass is 35.5. The van der Waals surface area contributed by atoms with Gasteiger partial charge < -0.3 is 14.6 Å². The Morgan fingerprint density at radius 2 is 2.24 bits per heavy atom. The number of ether oxygens (including phenoxy) is 1. The third-order valence-corrected chi connectivity index (χ3v) is 3.82. The Morgan fingerprint density at radius 1 is 1.43 bits per heavy atom. The number of hydrogen-bond acceptors (Lipinski definition) is 4. The Morgan fingerprint density at radius 3 is 3.05 bits per heavy atom. The van der Waals surface area contributed by atoms with Gasteiger partial charge in [0.25, 0.3) is 5.56 Å². The third-order valence-electron chi connectivity index (χ3n) is 3.51. The molecule has 2 aromatic rings. The lowest BCUT2D eigenvalue weighted by molar-refractivity contribution is 0.287. The number of halogens is 1. The Labute approximate surface area is 127 Å². The molecule has 0 radical (unpaired) electrons. The van der Waals surface area contributed by atoms with E-state index < -0.39 is 0 Å². The molecule has 0 atom stereocenters. The molecule has 5 nitrogen and oxygen atoms in total. The van der Waals surface area contributed by atoms with Crippen LogP contribution in [0.3, 0.4) is 0 Å². The predicted molar refractivity (Wildman–Crippen MR) is 80.7 cm³/mol. The van der Waals surface area contributed by atoms with Crippen LogP contribution in [0.5, 0.6) is 5.75 Å². The van der Waals surface area contributed by atoms with Gasteiger partial charge in [0.1, 0.15) is 18.2 Å². The van der Waals surface area contributed by atoms with Crippen LogP contribution in [0.1, 0.15) is 17.1 Å². The van der Waals surface area contributed by atoms with Crippen molar-refractivity contribution in [1.29, 1.82) is 0 Å². The van der Waals surface area contributed by atoms with Crippen molar-refractivity contribution in [3.8, 4) is 5.75 Å². The SMILES string of the molecule is CN1CCc2nc(COc3ccccc3Cl)[nH]c(=O)c2C1. The summed E-state index contributed by atoms with van der Waals surface area (Å²) in [6.07, 6.45) is 0.787. The van der Waals surface area contributed by atoms with Crippen LogP contribution in [0.4, 0.5) is 0 Å². The summed E-state index contributed by atoms with van der Waals surface area (Å²) in [6, 6.07) is 7.23. The first kappa shape index (κ1) is 14.1. The molecule has 1 aromatic heterocycles. The maximum absolute atomic E-state index is 12.1. The monoisotopic (exact) mass is 305 g/mol. The first-order valence-corrected chi connectivity index (χ1v) is 7.18. The van der Waals surface area contributed by atoms with E-state index >= 15 is 0 Å². The van der Waals surface area contributed by atoms with Crippen LogP contribution in [0.2, 0.25) is 5.02 Å². The van der Waals surface area contributed by atoms with Crippen molar-refractivity contribution in [3.63, 3.8) is 0 Å². The zero-order valence-corrected chi connectivity index (χ0v) is 12.5. The van der Waals surface area contributed by atoms with Crippen LogP contribution in [0.15, 0.2) is 29.1 Å². The topological polar surface area (TPSA) is 58.2 Å². The van der Waals surface area contributed by atoms with Gasteiger partial charge >= 0.3 is 0 Å². The van der Waals surface area contributed by atoms with Crippen molar-refractivity contribution >= 4 is 11.6 Å². The summed E-state index contributed by atoms with van der Waals surface area (Å²) in [6.45, 7) is 1.75. The third kappa shape index (κ3) is 3.09. The van der Waals surface area contributed by atoms with Gasteiger partial charge in [0.05, 0.1) is 16.3 Å². The quantitative estimate of drug-likeness (QED) is 0.942. The highest BCUT2D eigenvalue weighted by Gasteiger charge is 2.18. The zero-order chi connectivity index (χ0) is 14.8. The normalized spacial score (nSPS) is 14.8. The largest absolute Gasteiger partial charge is 0.484 e. The second-order valence-electron chi connectivity index (χ2n) is 5.14. The molecule has 0 spiro atoms. The highest BCUT2D eigenvalue weighted by Crippen LogP contribution is 2.23. The van der Waals surface area contributed by atoms with E-state index in [0.29, 0.717) is 23.1 Å². The van der Waals surface area contributed by atoms with Gasteiger partial charge in [-0.1, -0.05) is 23.7 Å². The molecular weight excluding hydrogens is 290 g/mol. The molecule has 1 aliphatic rings. The van der Waals surface area contributed by atoms with Crippen LogP contribution in [-0.2, 0) is 19.6 Å². The van der Waals surface area contributed by atoms with Gasteiger partial charge in [0.15, 0.2) is 0 Å². The number of para-hydroxylation sites is 1. The van der Waals surface area contributed by atoms with E-state index in [2.05, 4.69) is 14.9 Å². The minimum Gasteiger partial charge on any atom is -0.484 e. The Balaban J connectivity index is 1.80. The molecule has 2 heterocycles. The Kier molecular flexibility index (Phi) is 3.94. The van der Waals surface area contributed by atoms with E-state index in [0.717, 1.165) is 24.2 Å². The zero-order valence-electron chi connectivity index (χ0n) is 11.7. The van der Waals surface area contributed by atoms with E-state index in [1.165, 1.54) is 0 Å². The lowest BCUT2D eigenvalue weighted by Gasteiger charge is -2.23. The first-order chi connectivity index (χ1) is 10.1. The van der Waals surface area contributed by atoms with Crippen LogP contribution in [0.25, 0.3) is 0 Å². The van der Waals surface area contributed by atoms with Gasteiger partial charge in [0.2, 0.25) is 0 Å². The summed E-state index contributed by atoms with van der Waals surface area (Å²) in [7, 11) is 2.00. The molecule has 0 fully saturated rings. The minimum absolute atomic E-state index is 0.0793. The van der Waals surface area contributed by atoms with Crippen LogP contribution >= 0.6 is 11.6 Å². The van der Waals surface area contributed by atoms with Crippen molar-refractivity contribution in [2.45, 2.75) is 19.6 Å². The molecule has 6 heteroatoms. The molecule has 1 aliphatic heterocycles. The molecule has 0 aliphatic carbocycles. The van der Waals surface area contributed by atoms with E-state index in [9.17, 15) is 4.79 Å². The van der Waals surface area contributed by atoms with Gasteiger partial charge in [-0.25, -0.2) is 4.98 Å². The fourth-order valence-electron chi connectivity index (χ4n) is 2.39. The molecule has 1 aromatic carbocycles. The smallest absolute Gasteiger partial charge is 0.255 e. The summed E-state index contributed by atoms with van der Waals surface area (Å²) >= 11 is 6.03. The van der Waals surface area contributed by atoms with E-state index in [1.54, 1.807) is 12.1 Å². The second kappa shape index (κ2) is 5.87. The van der Waals surface area contributed by atoms with Gasteiger partial charge in [-0.05, 0) is 19.2 Å². The van der Waals surface area contributed by atoms with Gasteiger partial charge in [-0.3, -0.25) is 4.79 Å². The second-order valence-corrected chi connectivity index (χ2v) is 5.55. The Bertz CT molecular complexity index is 714. The maximum Gasteiger partial charge on any atom is 0.255 e. The number of benzene rings is 1. The number of aromatic amines is 1. The predicted octanol–water partition coefficient (Wildman–Crippen LogP) is 1.99. The number of nitrogens with zero attached hydrogens (tertiary/aromatic N) is 2. The summed E-state index contributed by atoms with van der Waals surface area (Å²) in [5.74, 6) is 1.11. The molecule has 0 saturated carbocycles. The van der Waals surface area contributed by atoms with Crippen molar-refractivity contribution < 1.29 is 4.74 Å². The fraction of sp³-hybridized carbons (Fsp3) is 0.333. The van der Waals surface area contributed by atoms with Crippen LogP contribution in [0, 0.1) is 0 Å². The van der Waals surface area contributed by atoms with Gasteiger partial charge in [-0.15, -0.1) is 0 Å². The minimum atomic E-state index is -0.0793. The number of fused-ring (bicyclic) bond motifs is 1. The van der Waals surface area contributed by atoms with E-state index in [1.807, 2.05) is 19.2 Å². The van der Waals surface area contributed by atoms with Crippen molar-refractivity contribution in [3.05, 3.63) is 56.7 Å². The lowest BCUT2D eigenvalue weighted by Crippen LogP contribution is -2.33. The van der Waals surface area contributed by atoms with Crippen LogP contribution < -0.4 is 10.3 Å². The molecular formula is C15H16ClN3O2. The molecule has 0 amide bonds. The van der Waals surface area contributed by atoms with Crippen molar-refractivity contribution in [2.75, 3.05) is 13.6 Å². The lowest BCUT2D eigenvalue weighted by atomic mass is 10.1. The summed E-state index contributed by atoms with van der Waals surface area (Å²) < 4.78 is 5.61. The van der Waals surface area contributed by atoms with Crippen molar-refractivity contribution in [1.82, 2.24) is 14.9 Å². The number of rotatable bonds is 3. The number of likely N-dealkylation sites (N-methyl/N-ethyl adjacent to an activating group) is 1. The maximum atomic E-state index is 12.1. The standard InChI is InChI=1S/C15H16ClN3O2/c1-19-7-6-12-10(8-19)15(20)18-14(17-12)9-21-13-5-3-2-4-11(13)16/h2-5H,6-9H2,1H3,(H,17,18,20). The Hall–Kier alpha value is -1.85. The highest BCUT2D eigenvalue weighted by molar-refractivity contribution is 6.32. The molecule has 110 valence electrons. The molecule has 0 saturated heterocycles. The number of aromatic nitrogens is 2. The van der Waals surface area contributed by atoms with E-state index in [-0.39, 0.29) is 12.2 Å². The number of H-pyrrole nitrogens is 1. The van der Waals surface area contributed by atoms with Crippen LogP contribution in [-0.4, -0.2) is 28.5 Å². The molecule has 1 N–H and O–H groups in total. The molecule has 3 rings (SSSR count). The summed E-state index contributed by atoms with van der Waals surface area (Å²) in [4.78, 5) is 21.5. The summed E-state index contributed by atoms with van der Waals surface area (Å²) in [5.41, 5.74) is 1.55. The molecule has 0 bridgehead atoms. The average Bonchev–Trinajstić information content (AvgIpc) is 2.47.